The molecule has 0 saturated heterocycles. The average Bonchev–Trinajstić information content (AvgIpc) is 2.86. The molecule has 0 unspecified atom stereocenters. The second-order valence-corrected chi connectivity index (χ2v) is 5.62. The molecular formula is C15H21ClN2O. The van der Waals surface area contributed by atoms with Gasteiger partial charge < -0.3 is 10.6 Å². The minimum absolute atomic E-state index is 0.138. The van der Waals surface area contributed by atoms with Gasteiger partial charge >= 0.3 is 0 Å². The van der Waals surface area contributed by atoms with E-state index in [1.165, 1.54) is 12.8 Å². The third-order valence-electron chi connectivity index (χ3n) is 3.59. The van der Waals surface area contributed by atoms with E-state index in [9.17, 15) is 4.79 Å². The maximum Gasteiger partial charge on any atom is 0.221 e. The van der Waals surface area contributed by atoms with E-state index in [0.29, 0.717) is 24.0 Å². The number of aryl methyl sites for hydroxylation is 1. The Labute approximate surface area is 119 Å². The van der Waals surface area contributed by atoms with Crippen LogP contribution in [0.25, 0.3) is 0 Å². The van der Waals surface area contributed by atoms with Crippen molar-refractivity contribution in [1.29, 1.82) is 0 Å². The third-order valence-corrected chi connectivity index (χ3v) is 3.82. The average molecular weight is 281 g/mol. The van der Waals surface area contributed by atoms with Gasteiger partial charge in [-0.15, -0.1) is 0 Å². The molecule has 1 amide bonds. The lowest BCUT2D eigenvalue weighted by Crippen LogP contribution is -2.33. The van der Waals surface area contributed by atoms with Crippen LogP contribution < -0.4 is 10.6 Å². The van der Waals surface area contributed by atoms with Gasteiger partial charge in [-0.05, 0) is 37.5 Å². The largest absolute Gasteiger partial charge is 0.384 e. The molecule has 1 aliphatic carbocycles. The van der Waals surface area contributed by atoms with Gasteiger partial charge in [0.1, 0.15) is 0 Å². The maximum absolute atomic E-state index is 11.8. The highest BCUT2D eigenvalue weighted by Gasteiger charge is 2.16. The molecule has 0 atom stereocenters. The first-order valence-electron chi connectivity index (χ1n) is 6.94. The van der Waals surface area contributed by atoms with Gasteiger partial charge in [0.05, 0.1) is 0 Å². The Morgan fingerprint density at radius 2 is 2.11 bits per heavy atom. The first kappa shape index (κ1) is 14.2. The van der Waals surface area contributed by atoms with Crippen molar-refractivity contribution in [1.82, 2.24) is 5.32 Å². The van der Waals surface area contributed by atoms with E-state index in [-0.39, 0.29) is 5.91 Å². The number of anilines is 1. The molecule has 19 heavy (non-hydrogen) atoms. The molecule has 0 aromatic heterocycles. The van der Waals surface area contributed by atoms with E-state index < -0.39 is 0 Å². The number of benzene rings is 1. The van der Waals surface area contributed by atoms with Crippen molar-refractivity contribution in [3.05, 3.63) is 28.8 Å². The Bertz CT molecular complexity index is 442. The van der Waals surface area contributed by atoms with Crippen molar-refractivity contribution >= 4 is 23.2 Å². The highest BCUT2D eigenvalue weighted by Crippen LogP contribution is 2.20. The lowest BCUT2D eigenvalue weighted by Gasteiger charge is -2.13. The van der Waals surface area contributed by atoms with Crippen LogP contribution in [0.3, 0.4) is 0 Å². The smallest absolute Gasteiger partial charge is 0.221 e. The molecule has 1 saturated carbocycles. The summed E-state index contributed by atoms with van der Waals surface area (Å²) >= 11 is 5.95. The molecule has 4 heteroatoms. The zero-order chi connectivity index (χ0) is 13.7. The molecule has 0 bridgehead atoms. The summed E-state index contributed by atoms with van der Waals surface area (Å²) in [5.41, 5.74) is 2.14. The van der Waals surface area contributed by atoms with E-state index in [2.05, 4.69) is 10.6 Å². The number of hydrogen-bond donors (Lipinski definition) is 2. The van der Waals surface area contributed by atoms with E-state index in [4.69, 9.17) is 11.6 Å². The van der Waals surface area contributed by atoms with Gasteiger partial charge in [-0.3, -0.25) is 4.79 Å². The minimum Gasteiger partial charge on any atom is -0.384 e. The van der Waals surface area contributed by atoms with Crippen LogP contribution in [-0.2, 0) is 4.79 Å². The van der Waals surface area contributed by atoms with Crippen molar-refractivity contribution in [2.24, 2.45) is 0 Å². The zero-order valence-electron chi connectivity index (χ0n) is 11.3. The van der Waals surface area contributed by atoms with E-state index in [0.717, 1.165) is 24.1 Å². The molecule has 3 nitrogen and oxygen atoms in total. The van der Waals surface area contributed by atoms with Gasteiger partial charge in [-0.1, -0.05) is 30.5 Å². The molecule has 1 aromatic carbocycles. The molecule has 1 fully saturated rings. The summed E-state index contributed by atoms with van der Waals surface area (Å²) in [6.45, 7) is 2.66. The lowest BCUT2D eigenvalue weighted by molar-refractivity contribution is -0.121. The molecule has 0 heterocycles. The topological polar surface area (TPSA) is 41.1 Å². The van der Waals surface area contributed by atoms with Crippen LogP contribution in [0.1, 0.15) is 37.7 Å². The highest BCUT2D eigenvalue weighted by molar-refractivity contribution is 6.30. The molecule has 0 radical (unpaired) electrons. The lowest BCUT2D eigenvalue weighted by atomic mass is 10.2. The van der Waals surface area contributed by atoms with Crippen molar-refractivity contribution in [2.75, 3.05) is 11.9 Å². The van der Waals surface area contributed by atoms with Crippen LogP contribution in [0.4, 0.5) is 5.69 Å². The van der Waals surface area contributed by atoms with Crippen LogP contribution in [0.2, 0.25) is 5.02 Å². The van der Waals surface area contributed by atoms with Crippen molar-refractivity contribution in [3.8, 4) is 0 Å². The standard InChI is InChI=1S/C15H21ClN2O/c1-11-6-7-12(16)10-14(11)17-9-8-15(19)18-13-4-2-3-5-13/h6-7,10,13,17H,2-5,8-9H2,1H3,(H,18,19). The van der Waals surface area contributed by atoms with Gasteiger partial charge in [-0.2, -0.15) is 0 Å². The van der Waals surface area contributed by atoms with Crippen LogP contribution >= 0.6 is 11.6 Å². The predicted molar refractivity (Wildman–Crippen MR) is 79.7 cm³/mol. The Hall–Kier alpha value is -1.22. The fourth-order valence-corrected chi connectivity index (χ4v) is 2.64. The number of halogens is 1. The Morgan fingerprint density at radius 3 is 2.84 bits per heavy atom. The predicted octanol–water partition coefficient (Wildman–Crippen LogP) is 3.51. The number of carbonyl (C=O) groups excluding carboxylic acids is 1. The maximum atomic E-state index is 11.8. The molecule has 104 valence electrons. The van der Waals surface area contributed by atoms with Crippen LogP contribution in [0.15, 0.2) is 18.2 Å². The van der Waals surface area contributed by atoms with Crippen molar-refractivity contribution in [2.45, 2.75) is 45.1 Å². The van der Waals surface area contributed by atoms with Crippen molar-refractivity contribution < 1.29 is 4.79 Å². The highest BCUT2D eigenvalue weighted by atomic mass is 35.5. The van der Waals surface area contributed by atoms with Gasteiger partial charge in [0.15, 0.2) is 0 Å². The third kappa shape index (κ3) is 4.43. The second kappa shape index (κ2) is 6.80. The summed E-state index contributed by atoms with van der Waals surface area (Å²) < 4.78 is 0. The SMILES string of the molecule is Cc1ccc(Cl)cc1NCCC(=O)NC1CCCC1. The number of amides is 1. The Morgan fingerprint density at radius 1 is 1.37 bits per heavy atom. The molecule has 2 rings (SSSR count). The fourth-order valence-electron chi connectivity index (χ4n) is 2.47. The van der Waals surface area contributed by atoms with Gasteiger partial charge in [0.2, 0.25) is 5.91 Å². The summed E-state index contributed by atoms with van der Waals surface area (Å²) in [6.07, 6.45) is 5.25. The summed E-state index contributed by atoms with van der Waals surface area (Å²) in [5.74, 6) is 0.138. The number of hydrogen-bond acceptors (Lipinski definition) is 2. The number of carbonyl (C=O) groups is 1. The zero-order valence-corrected chi connectivity index (χ0v) is 12.1. The minimum atomic E-state index is 0.138. The van der Waals surface area contributed by atoms with E-state index in [1.807, 2.05) is 25.1 Å². The fraction of sp³-hybridized carbons (Fsp3) is 0.533. The number of rotatable bonds is 5. The first-order valence-corrected chi connectivity index (χ1v) is 7.32. The van der Waals surface area contributed by atoms with Crippen LogP contribution in [0.5, 0.6) is 0 Å². The quantitative estimate of drug-likeness (QED) is 0.867. The number of nitrogens with one attached hydrogen (secondary N) is 2. The molecular weight excluding hydrogens is 260 g/mol. The van der Waals surface area contributed by atoms with Gasteiger partial charge in [-0.25, -0.2) is 0 Å². The summed E-state index contributed by atoms with van der Waals surface area (Å²) in [4.78, 5) is 11.8. The molecule has 1 aromatic rings. The monoisotopic (exact) mass is 280 g/mol. The summed E-state index contributed by atoms with van der Waals surface area (Å²) in [5, 5.41) is 7.06. The molecule has 0 aliphatic heterocycles. The van der Waals surface area contributed by atoms with Gasteiger partial charge in [0.25, 0.3) is 0 Å². The van der Waals surface area contributed by atoms with E-state index in [1.54, 1.807) is 0 Å². The molecule has 0 spiro atoms. The molecule has 2 N–H and O–H groups in total. The van der Waals surface area contributed by atoms with Crippen LogP contribution in [-0.4, -0.2) is 18.5 Å². The normalized spacial score (nSPS) is 15.5. The van der Waals surface area contributed by atoms with Crippen molar-refractivity contribution in [3.63, 3.8) is 0 Å². The second-order valence-electron chi connectivity index (χ2n) is 5.18. The first-order chi connectivity index (χ1) is 9.15. The van der Waals surface area contributed by atoms with E-state index >= 15 is 0 Å². The van der Waals surface area contributed by atoms with Crippen LogP contribution in [0, 0.1) is 6.92 Å². The van der Waals surface area contributed by atoms with Gasteiger partial charge in [0, 0.05) is 29.7 Å². The molecule has 1 aliphatic rings. The summed E-state index contributed by atoms with van der Waals surface area (Å²) in [6, 6.07) is 6.14. The Balaban J connectivity index is 1.73. The summed E-state index contributed by atoms with van der Waals surface area (Å²) in [7, 11) is 0. The Kier molecular flexibility index (Phi) is 5.08.